The van der Waals surface area contributed by atoms with Crippen LogP contribution >= 0.6 is 34.7 Å². The number of amides is 1. The molecule has 3 aromatic rings. The van der Waals surface area contributed by atoms with Gasteiger partial charge in [-0.05, 0) is 17.7 Å². The van der Waals surface area contributed by atoms with Crippen molar-refractivity contribution in [2.75, 3.05) is 18.2 Å². The van der Waals surface area contributed by atoms with Crippen LogP contribution in [0.2, 0.25) is 5.02 Å². The molecule has 0 unspecified atom stereocenters. The van der Waals surface area contributed by atoms with Gasteiger partial charge in [0.25, 0.3) is 0 Å². The van der Waals surface area contributed by atoms with Crippen molar-refractivity contribution in [2.24, 2.45) is 0 Å². The number of anilines is 1. The Morgan fingerprint density at radius 2 is 2.08 bits per heavy atom. The molecule has 2 aromatic carbocycles. The van der Waals surface area contributed by atoms with E-state index in [1.54, 1.807) is 31.0 Å². The Bertz CT molecular complexity index is 852. The molecular weight excluding hydrogens is 364 g/mol. The number of hydrogen-bond acceptors (Lipinski definition) is 5. The minimum atomic E-state index is -0.0786. The summed E-state index contributed by atoms with van der Waals surface area (Å²) in [4.78, 5) is 16.5. The fourth-order valence-corrected chi connectivity index (χ4v) is 4.12. The van der Waals surface area contributed by atoms with Crippen molar-refractivity contribution in [3.05, 3.63) is 53.1 Å². The molecule has 124 valence electrons. The van der Waals surface area contributed by atoms with Crippen molar-refractivity contribution in [3.8, 4) is 5.75 Å². The highest BCUT2D eigenvalue weighted by molar-refractivity contribution is 7.99. The topological polar surface area (TPSA) is 51.2 Å². The first-order valence-corrected chi connectivity index (χ1v) is 9.57. The third-order valence-corrected chi connectivity index (χ3v) is 5.70. The molecule has 0 atom stereocenters. The van der Waals surface area contributed by atoms with Gasteiger partial charge >= 0.3 is 0 Å². The van der Waals surface area contributed by atoms with Gasteiger partial charge in [0.1, 0.15) is 11.3 Å². The Morgan fingerprint density at radius 3 is 2.83 bits per heavy atom. The first kappa shape index (κ1) is 17.1. The number of halogens is 1. The Balaban J connectivity index is 1.62. The van der Waals surface area contributed by atoms with Crippen LogP contribution < -0.4 is 10.1 Å². The lowest BCUT2D eigenvalue weighted by molar-refractivity contribution is -0.113. The number of thiazole rings is 1. The van der Waals surface area contributed by atoms with Crippen LogP contribution in [0, 0.1) is 0 Å². The van der Waals surface area contributed by atoms with E-state index < -0.39 is 0 Å². The van der Waals surface area contributed by atoms with Gasteiger partial charge in [-0.25, -0.2) is 4.98 Å². The second-order valence-corrected chi connectivity index (χ2v) is 7.36. The highest BCUT2D eigenvalue weighted by atomic mass is 35.5. The Hall–Kier alpha value is -1.76. The van der Waals surface area contributed by atoms with Crippen molar-refractivity contribution in [2.45, 2.75) is 5.75 Å². The van der Waals surface area contributed by atoms with Crippen molar-refractivity contribution in [1.29, 1.82) is 0 Å². The molecule has 0 spiro atoms. The Kier molecular flexibility index (Phi) is 5.60. The minimum Gasteiger partial charge on any atom is -0.494 e. The molecule has 4 nitrogen and oxygen atoms in total. The number of fused-ring (bicyclic) bond motifs is 1. The van der Waals surface area contributed by atoms with Gasteiger partial charge in [0.2, 0.25) is 5.91 Å². The van der Waals surface area contributed by atoms with Crippen LogP contribution in [-0.2, 0) is 10.5 Å². The monoisotopic (exact) mass is 378 g/mol. The molecule has 0 fully saturated rings. The van der Waals surface area contributed by atoms with Gasteiger partial charge in [-0.1, -0.05) is 53.3 Å². The van der Waals surface area contributed by atoms with E-state index in [1.165, 1.54) is 16.9 Å². The van der Waals surface area contributed by atoms with E-state index in [-0.39, 0.29) is 5.91 Å². The number of nitrogens with zero attached hydrogens (tertiary/aromatic N) is 1. The SMILES string of the molecule is COc1ccc(Cl)c2sc(NC(=O)CSCc3ccccc3)nc12. The van der Waals surface area contributed by atoms with E-state index in [4.69, 9.17) is 16.3 Å². The average molecular weight is 379 g/mol. The third kappa shape index (κ3) is 4.01. The maximum Gasteiger partial charge on any atom is 0.236 e. The van der Waals surface area contributed by atoms with Gasteiger partial charge in [0.05, 0.1) is 22.6 Å². The standard InChI is InChI=1S/C17H15ClN2O2S2/c1-22-13-8-7-12(18)16-15(13)20-17(24-16)19-14(21)10-23-9-11-5-3-2-4-6-11/h2-8H,9-10H2,1H3,(H,19,20,21). The van der Waals surface area contributed by atoms with Gasteiger partial charge in [-0.3, -0.25) is 4.79 Å². The van der Waals surface area contributed by atoms with E-state index in [1.807, 2.05) is 30.3 Å². The normalized spacial score (nSPS) is 10.8. The predicted octanol–water partition coefficient (Wildman–Crippen LogP) is 4.83. The molecule has 1 amide bonds. The van der Waals surface area contributed by atoms with E-state index in [0.29, 0.717) is 27.2 Å². The highest BCUT2D eigenvalue weighted by Gasteiger charge is 2.13. The quantitative estimate of drug-likeness (QED) is 0.667. The molecule has 0 aliphatic carbocycles. The second kappa shape index (κ2) is 7.88. The highest BCUT2D eigenvalue weighted by Crippen LogP contribution is 2.37. The molecule has 1 N–H and O–H groups in total. The van der Waals surface area contributed by atoms with Gasteiger partial charge < -0.3 is 10.1 Å². The number of thioether (sulfide) groups is 1. The van der Waals surface area contributed by atoms with Crippen molar-refractivity contribution in [1.82, 2.24) is 4.98 Å². The van der Waals surface area contributed by atoms with E-state index >= 15 is 0 Å². The van der Waals surface area contributed by atoms with Gasteiger partial charge in [0, 0.05) is 5.75 Å². The molecule has 1 heterocycles. The summed E-state index contributed by atoms with van der Waals surface area (Å²) in [6, 6.07) is 13.6. The molecule has 0 bridgehead atoms. The largest absolute Gasteiger partial charge is 0.494 e. The lowest BCUT2D eigenvalue weighted by atomic mass is 10.2. The molecule has 3 rings (SSSR count). The average Bonchev–Trinajstić information content (AvgIpc) is 3.01. The van der Waals surface area contributed by atoms with Crippen molar-refractivity contribution in [3.63, 3.8) is 0 Å². The summed E-state index contributed by atoms with van der Waals surface area (Å²) in [5, 5.41) is 3.96. The second-order valence-electron chi connectivity index (χ2n) is 4.97. The number of carbonyl (C=O) groups is 1. The van der Waals surface area contributed by atoms with E-state index in [0.717, 1.165) is 10.5 Å². The number of benzene rings is 2. The summed E-state index contributed by atoms with van der Waals surface area (Å²) in [5.41, 5.74) is 1.87. The number of aromatic nitrogens is 1. The number of methoxy groups -OCH3 is 1. The zero-order chi connectivity index (χ0) is 16.9. The maximum absolute atomic E-state index is 12.1. The molecule has 1 aromatic heterocycles. The molecule has 0 radical (unpaired) electrons. The zero-order valence-corrected chi connectivity index (χ0v) is 15.3. The zero-order valence-electron chi connectivity index (χ0n) is 12.9. The summed E-state index contributed by atoms with van der Waals surface area (Å²) < 4.78 is 6.09. The van der Waals surface area contributed by atoms with Crippen molar-refractivity contribution < 1.29 is 9.53 Å². The molecule has 0 aliphatic heterocycles. The summed E-state index contributed by atoms with van der Waals surface area (Å²) in [6.07, 6.45) is 0. The fourth-order valence-electron chi connectivity index (χ4n) is 2.16. The van der Waals surface area contributed by atoms with Crippen LogP contribution in [0.15, 0.2) is 42.5 Å². The lowest BCUT2D eigenvalue weighted by Crippen LogP contribution is -2.13. The first-order valence-electron chi connectivity index (χ1n) is 7.22. The van der Waals surface area contributed by atoms with Gasteiger partial charge in [-0.2, -0.15) is 0 Å². The molecule has 7 heteroatoms. The van der Waals surface area contributed by atoms with Crippen LogP contribution in [0.3, 0.4) is 0 Å². The van der Waals surface area contributed by atoms with Crippen LogP contribution in [0.1, 0.15) is 5.56 Å². The Morgan fingerprint density at radius 1 is 1.29 bits per heavy atom. The smallest absolute Gasteiger partial charge is 0.236 e. The molecule has 0 saturated heterocycles. The molecule has 24 heavy (non-hydrogen) atoms. The number of ether oxygens (including phenoxy) is 1. The Labute approximate surface area is 153 Å². The van der Waals surface area contributed by atoms with Crippen LogP contribution in [0.5, 0.6) is 5.75 Å². The number of nitrogens with one attached hydrogen (secondary N) is 1. The first-order chi connectivity index (χ1) is 11.7. The van der Waals surface area contributed by atoms with Gasteiger partial charge in [0.15, 0.2) is 5.13 Å². The summed E-state index contributed by atoms with van der Waals surface area (Å²) >= 11 is 9.10. The lowest BCUT2D eigenvalue weighted by Gasteiger charge is -2.02. The maximum atomic E-state index is 12.1. The van der Waals surface area contributed by atoms with Crippen LogP contribution in [0.25, 0.3) is 10.2 Å². The van der Waals surface area contributed by atoms with E-state index in [9.17, 15) is 4.79 Å². The van der Waals surface area contributed by atoms with E-state index in [2.05, 4.69) is 10.3 Å². The number of hydrogen-bond donors (Lipinski definition) is 1. The van der Waals surface area contributed by atoms with Crippen LogP contribution in [-0.4, -0.2) is 23.8 Å². The molecule has 0 aliphatic rings. The minimum absolute atomic E-state index is 0.0786. The van der Waals surface area contributed by atoms with Crippen LogP contribution in [0.4, 0.5) is 5.13 Å². The van der Waals surface area contributed by atoms with Gasteiger partial charge in [-0.15, -0.1) is 11.8 Å². The summed E-state index contributed by atoms with van der Waals surface area (Å²) in [7, 11) is 1.58. The van der Waals surface area contributed by atoms with Crippen molar-refractivity contribution >= 4 is 56.0 Å². The predicted molar refractivity (Wildman–Crippen MR) is 102 cm³/mol. The third-order valence-electron chi connectivity index (χ3n) is 3.27. The summed E-state index contributed by atoms with van der Waals surface area (Å²) in [5.74, 6) is 1.73. The molecular formula is C17H15ClN2O2S2. The molecule has 0 saturated carbocycles. The number of carbonyl (C=O) groups excluding carboxylic acids is 1. The summed E-state index contributed by atoms with van der Waals surface area (Å²) in [6.45, 7) is 0. The fraction of sp³-hybridized carbons (Fsp3) is 0.176. The number of rotatable bonds is 6.